The van der Waals surface area contributed by atoms with Crippen molar-refractivity contribution in [1.29, 1.82) is 0 Å². The topological polar surface area (TPSA) is 61.6 Å². The number of aryl methyl sites for hydroxylation is 1. The minimum Gasteiger partial charge on any atom is -0.338 e. The van der Waals surface area contributed by atoms with Gasteiger partial charge in [0.2, 0.25) is 11.8 Å². The van der Waals surface area contributed by atoms with Crippen LogP contribution in [0.4, 0.5) is 5.88 Å². The van der Waals surface area contributed by atoms with Crippen LogP contribution in [0.3, 0.4) is 0 Å². The van der Waals surface area contributed by atoms with E-state index in [1.54, 1.807) is 17.4 Å². The summed E-state index contributed by atoms with van der Waals surface area (Å²) in [6, 6.07) is 3.72. The van der Waals surface area contributed by atoms with Crippen molar-refractivity contribution in [1.82, 2.24) is 15.0 Å². The molecule has 3 heterocycles. The van der Waals surface area contributed by atoms with Crippen LogP contribution < -0.4 is 5.32 Å². The summed E-state index contributed by atoms with van der Waals surface area (Å²) >= 11 is 1.74. The van der Waals surface area contributed by atoms with Gasteiger partial charge < -0.3 is 4.52 Å². The van der Waals surface area contributed by atoms with Gasteiger partial charge in [-0.1, -0.05) is 5.16 Å². The molecule has 0 aromatic carbocycles. The summed E-state index contributed by atoms with van der Waals surface area (Å²) in [7, 11) is 0. The van der Waals surface area contributed by atoms with Gasteiger partial charge in [0.15, 0.2) is 0 Å². The highest BCUT2D eigenvalue weighted by atomic mass is 32.1. The van der Waals surface area contributed by atoms with Crippen LogP contribution >= 0.6 is 11.3 Å². The molecule has 0 radical (unpaired) electrons. The van der Waals surface area contributed by atoms with Gasteiger partial charge in [0.05, 0.1) is 11.7 Å². The predicted molar refractivity (Wildman–Crippen MR) is 90.5 cm³/mol. The average Bonchev–Trinajstić information content (AvgIpc) is 3.19. The van der Waals surface area contributed by atoms with Crippen molar-refractivity contribution in [2.24, 2.45) is 0 Å². The summed E-state index contributed by atoms with van der Waals surface area (Å²) in [5.74, 6) is 0.364. The fourth-order valence-corrected chi connectivity index (χ4v) is 3.42. The Bertz CT molecular complexity index is 632. The van der Waals surface area contributed by atoms with Crippen molar-refractivity contribution in [2.75, 3.05) is 31.5 Å². The summed E-state index contributed by atoms with van der Waals surface area (Å²) < 4.78 is 5.04. The Morgan fingerprint density at radius 3 is 2.83 bits per heavy atom. The third-order valence-electron chi connectivity index (χ3n) is 4.19. The summed E-state index contributed by atoms with van der Waals surface area (Å²) in [4.78, 5) is 17.0. The van der Waals surface area contributed by atoms with Gasteiger partial charge in [-0.05, 0) is 36.2 Å². The van der Waals surface area contributed by atoms with Crippen molar-refractivity contribution in [3.8, 4) is 0 Å². The molecule has 1 aliphatic rings. The van der Waals surface area contributed by atoms with E-state index in [9.17, 15) is 4.79 Å². The van der Waals surface area contributed by atoms with Crippen molar-refractivity contribution in [3.63, 3.8) is 0 Å². The Kier molecular flexibility index (Phi) is 5.09. The summed E-state index contributed by atoms with van der Waals surface area (Å²) in [6.07, 6.45) is 0. The number of nitrogens with one attached hydrogen (secondary N) is 1. The molecule has 3 rings (SSSR count). The van der Waals surface area contributed by atoms with Gasteiger partial charge in [-0.25, -0.2) is 0 Å². The zero-order valence-electron chi connectivity index (χ0n) is 13.5. The van der Waals surface area contributed by atoms with Gasteiger partial charge in [0.25, 0.3) is 0 Å². The highest BCUT2D eigenvalue weighted by molar-refractivity contribution is 7.07. The van der Waals surface area contributed by atoms with Crippen LogP contribution in [0.5, 0.6) is 0 Å². The number of piperazine rings is 1. The van der Waals surface area contributed by atoms with Crippen LogP contribution in [-0.4, -0.2) is 53.1 Å². The van der Waals surface area contributed by atoms with Crippen LogP contribution in [0.2, 0.25) is 0 Å². The Morgan fingerprint density at radius 1 is 1.43 bits per heavy atom. The predicted octanol–water partition coefficient (Wildman–Crippen LogP) is 2.19. The normalized spacial score (nSPS) is 18.0. The smallest absolute Gasteiger partial charge is 0.243 e. The molecule has 1 fully saturated rings. The van der Waals surface area contributed by atoms with Gasteiger partial charge in [-0.2, -0.15) is 11.3 Å². The third kappa shape index (κ3) is 4.19. The van der Waals surface area contributed by atoms with Crippen LogP contribution in [0, 0.1) is 6.92 Å². The number of nitrogens with zero attached hydrogens (tertiary/aromatic N) is 3. The largest absolute Gasteiger partial charge is 0.338 e. The van der Waals surface area contributed by atoms with E-state index < -0.39 is 0 Å². The lowest BCUT2D eigenvalue weighted by Gasteiger charge is -2.37. The molecule has 0 spiro atoms. The quantitative estimate of drug-likeness (QED) is 0.908. The Hall–Kier alpha value is -1.70. The molecular formula is C16H22N4O2S. The van der Waals surface area contributed by atoms with Crippen LogP contribution in [0.25, 0.3) is 0 Å². The maximum Gasteiger partial charge on any atom is 0.243 e. The van der Waals surface area contributed by atoms with Gasteiger partial charge in [-0.15, -0.1) is 0 Å². The monoisotopic (exact) mass is 334 g/mol. The second-order valence-electron chi connectivity index (χ2n) is 5.94. The van der Waals surface area contributed by atoms with Crippen molar-refractivity contribution >= 4 is 23.1 Å². The molecule has 1 N–H and O–H groups in total. The SMILES string of the molecule is Cc1cc(NC(=O)[C@@H](C)N2CCN(Cc3ccsc3)CC2)on1. The molecule has 7 heteroatoms. The van der Waals surface area contributed by atoms with Crippen LogP contribution in [0.15, 0.2) is 27.4 Å². The number of hydrogen-bond acceptors (Lipinski definition) is 6. The molecule has 0 bridgehead atoms. The van der Waals surface area contributed by atoms with Gasteiger partial charge in [-0.3, -0.25) is 19.9 Å². The first-order chi connectivity index (χ1) is 11.1. The van der Waals surface area contributed by atoms with Gasteiger partial charge in [0.1, 0.15) is 0 Å². The van der Waals surface area contributed by atoms with Crippen LogP contribution in [-0.2, 0) is 11.3 Å². The molecule has 1 aliphatic heterocycles. The fraction of sp³-hybridized carbons (Fsp3) is 0.500. The van der Waals surface area contributed by atoms with Crippen molar-refractivity contribution in [3.05, 3.63) is 34.2 Å². The highest BCUT2D eigenvalue weighted by Crippen LogP contribution is 2.14. The van der Waals surface area contributed by atoms with E-state index in [-0.39, 0.29) is 11.9 Å². The van der Waals surface area contributed by atoms with Crippen LogP contribution in [0.1, 0.15) is 18.2 Å². The molecule has 2 aromatic heterocycles. The third-order valence-corrected chi connectivity index (χ3v) is 4.93. The molecule has 0 saturated carbocycles. The minimum atomic E-state index is -0.177. The number of carbonyl (C=O) groups is 1. The zero-order chi connectivity index (χ0) is 16.2. The summed E-state index contributed by atoms with van der Waals surface area (Å²) in [6.45, 7) is 8.52. The summed E-state index contributed by atoms with van der Waals surface area (Å²) in [5.41, 5.74) is 2.13. The van der Waals surface area contributed by atoms with E-state index >= 15 is 0 Å². The lowest BCUT2D eigenvalue weighted by molar-refractivity contribution is -0.121. The maximum absolute atomic E-state index is 12.3. The summed E-state index contributed by atoms with van der Waals surface area (Å²) in [5, 5.41) is 10.9. The Morgan fingerprint density at radius 2 is 2.22 bits per heavy atom. The fourth-order valence-electron chi connectivity index (χ4n) is 2.76. The number of aromatic nitrogens is 1. The molecule has 124 valence electrons. The standard InChI is InChI=1S/C16H22N4O2S/c1-12-9-15(22-18-12)17-16(21)13(2)20-6-4-19(5-7-20)10-14-3-8-23-11-14/h3,8-9,11,13H,4-7,10H2,1-2H3,(H,17,21)/t13-/m1/s1. The average molecular weight is 334 g/mol. The second kappa shape index (κ2) is 7.25. The van der Waals surface area contributed by atoms with E-state index in [4.69, 9.17) is 4.52 Å². The van der Waals surface area contributed by atoms with Crippen molar-refractivity contribution < 1.29 is 9.32 Å². The number of anilines is 1. The maximum atomic E-state index is 12.3. The number of thiophene rings is 1. The zero-order valence-corrected chi connectivity index (χ0v) is 14.3. The first kappa shape index (κ1) is 16.2. The molecule has 0 aliphatic carbocycles. The highest BCUT2D eigenvalue weighted by Gasteiger charge is 2.26. The number of hydrogen-bond donors (Lipinski definition) is 1. The number of amides is 1. The first-order valence-corrected chi connectivity index (χ1v) is 8.78. The van der Waals surface area contributed by atoms with Crippen molar-refractivity contribution in [2.45, 2.75) is 26.4 Å². The lowest BCUT2D eigenvalue weighted by Crippen LogP contribution is -2.52. The van der Waals surface area contributed by atoms with E-state index in [0.29, 0.717) is 5.88 Å². The van der Waals surface area contributed by atoms with E-state index in [1.807, 2.05) is 13.8 Å². The molecule has 2 aromatic rings. The number of carbonyl (C=O) groups excluding carboxylic acids is 1. The molecule has 0 unspecified atom stereocenters. The first-order valence-electron chi connectivity index (χ1n) is 7.83. The molecule has 6 nitrogen and oxygen atoms in total. The van der Waals surface area contributed by atoms with Gasteiger partial charge in [0, 0.05) is 38.8 Å². The van der Waals surface area contributed by atoms with E-state index in [2.05, 4.69) is 37.1 Å². The van der Waals surface area contributed by atoms with E-state index in [1.165, 1.54) is 5.56 Å². The Balaban J connectivity index is 1.47. The second-order valence-corrected chi connectivity index (χ2v) is 6.72. The Labute approximate surface area is 140 Å². The van der Waals surface area contributed by atoms with Gasteiger partial charge >= 0.3 is 0 Å². The number of rotatable bonds is 5. The molecule has 1 atom stereocenters. The molecule has 1 amide bonds. The minimum absolute atomic E-state index is 0.0487. The molecule has 1 saturated heterocycles. The lowest BCUT2D eigenvalue weighted by atomic mass is 10.2. The molecular weight excluding hydrogens is 312 g/mol. The molecule has 23 heavy (non-hydrogen) atoms. The van der Waals surface area contributed by atoms with E-state index in [0.717, 1.165) is 38.4 Å².